The minimum Gasteiger partial charge on any atom is -0.107 e. The van der Waals surface area contributed by atoms with Crippen molar-refractivity contribution in [3.8, 4) is 0 Å². The number of aryl methyl sites for hydroxylation is 1. The summed E-state index contributed by atoms with van der Waals surface area (Å²) in [5.41, 5.74) is 1.35. The van der Waals surface area contributed by atoms with Gasteiger partial charge in [0.05, 0.1) is 8.41 Å². The second-order valence-electron chi connectivity index (χ2n) is 2.80. The van der Waals surface area contributed by atoms with Gasteiger partial charge in [-0.2, -0.15) is 0 Å². The maximum Gasteiger partial charge on any atom is 0.0814 e. The van der Waals surface area contributed by atoms with Crippen LogP contribution in [-0.2, 0) is 0 Å². The summed E-state index contributed by atoms with van der Waals surface area (Å²) in [5, 5.41) is 2.68. The molecule has 0 fully saturated rings. The molecule has 0 aromatic heterocycles. The molecule has 0 atom stereocenters. The third-order valence-corrected chi connectivity index (χ3v) is 2.01. The molecule has 0 aliphatic rings. The predicted molar refractivity (Wildman–Crippen MR) is 74.0 cm³/mol. The van der Waals surface area contributed by atoms with Gasteiger partial charge in [0.2, 0.25) is 0 Å². The summed E-state index contributed by atoms with van der Waals surface area (Å²) in [7, 11) is 0. The lowest BCUT2D eigenvalue weighted by atomic mass is 10.1. The number of fused-ring (bicyclic) bond motifs is 1. The summed E-state index contributed by atoms with van der Waals surface area (Å²) in [6, 6.07) is 14.8. The Balaban J connectivity index is 0.000000720. The van der Waals surface area contributed by atoms with Gasteiger partial charge in [-0.15, -0.1) is 24.0 Å². The topological polar surface area (TPSA) is 0 Å². The van der Waals surface area contributed by atoms with Crippen molar-refractivity contribution >= 4 is 43.2 Å². The molecule has 2 heteroatoms. The van der Waals surface area contributed by atoms with Gasteiger partial charge in [-0.3, -0.25) is 0 Å². The molecule has 0 radical (unpaired) electrons. The van der Waals surface area contributed by atoms with Gasteiger partial charge < -0.3 is 0 Å². The van der Waals surface area contributed by atoms with E-state index in [1.807, 2.05) is 0 Å². The molecular formula is C11H14BI. The largest absolute Gasteiger partial charge is 0.107 e. The van der Waals surface area contributed by atoms with Crippen molar-refractivity contribution in [1.82, 2.24) is 0 Å². The van der Waals surface area contributed by atoms with E-state index in [0.717, 1.165) is 0 Å². The van der Waals surface area contributed by atoms with Crippen LogP contribution in [0, 0.1) is 6.92 Å². The average Bonchev–Trinajstić information content (AvgIpc) is 2.06. The lowest BCUT2D eigenvalue weighted by Gasteiger charge is -1.98. The molecular weight excluding hydrogens is 270 g/mol. The van der Waals surface area contributed by atoms with Crippen LogP contribution in [0.25, 0.3) is 10.8 Å². The molecule has 0 amide bonds. The number of benzene rings is 2. The fourth-order valence-corrected chi connectivity index (χ4v) is 1.39. The molecule has 2 rings (SSSR count). The lowest BCUT2D eigenvalue weighted by molar-refractivity contribution is 1.53. The van der Waals surface area contributed by atoms with Crippen LogP contribution in [0.1, 0.15) is 5.56 Å². The second-order valence-corrected chi connectivity index (χ2v) is 2.80. The van der Waals surface area contributed by atoms with Gasteiger partial charge >= 0.3 is 0 Å². The third kappa shape index (κ3) is 2.47. The summed E-state index contributed by atoms with van der Waals surface area (Å²) in [6.45, 7) is 2.14. The zero-order valence-electron chi connectivity index (χ0n) is 6.95. The SMILES string of the molecule is B.Cc1cccc2ccccc12.I. The number of halogens is 1. The zero-order chi connectivity index (χ0) is 7.68. The van der Waals surface area contributed by atoms with Crippen molar-refractivity contribution in [2.45, 2.75) is 6.92 Å². The molecule has 0 N–H and O–H groups in total. The third-order valence-electron chi connectivity index (χ3n) is 2.01. The van der Waals surface area contributed by atoms with Crippen LogP contribution >= 0.6 is 24.0 Å². The minimum absolute atomic E-state index is 0. The first-order chi connectivity index (χ1) is 5.38. The Morgan fingerprint density at radius 2 is 1.46 bits per heavy atom. The molecule has 2 aromatic carbocycles. The van der Waals surface area contributed by atoms with Gasteiger partial charge in [-0.05, 0) is 23.3 Å². The van der Waals surface area contributed by atoms with Crippen LogP contribution in [0.5, 0.6) is 0 Å². The Morgan fingerprint density at radius 1 is 0.846 bits per heavy atom. The van der Waals surface area contributed by atoms with Crippen molar-refractivity contribution in [2.75, 3.05) is 0 Å². The van der Waals surface area contributed by atoms with Gasteiger partial charge in [-0.1, -0.05) is 42.5 Å². The van der Waals surface area contributed by atoms with E-state index in [2.05, 4.69) is 49.4 Å². The lowest BCUT2D eigenvalue weighted by Crippen LogP contribution is -1.75. The zero-order valence-corrected chi connectivity index (χ0v) is 9.28. The van der Waals surface area contributed by atoms with Crippen LogP contribution < -0.4 is 0 Å². The quantitative estimate of drug-likeness (QED) is 0.515. The van der Waals surface area contributed by atoms with E-state index in [9.17, 15) is 0 Å². The first-order valence-electron chi connectivity index (χ1n) is 3.82. The van der Waals surface area contributed by atoms with Crippen molar-refractivity contribution in [3.05, 3.63) is 48.0 Å². The highest BCUT2D eigenvalue weighted by atomic mass is 127. The standard InChI is InChI=1S/C11H10.BH3.HI/c1-9-5-4-7-10-6-2-3-8-11(9)10;;/h2-8H,1H3;1H3;1H. The molecule has 0 saturated carbocycles. The molecule has 0 bridgehead atoms. The summed E-state index contributed by atoms with van der Waals surface area (Å²) < 4.78 is 0. The summed E-state index contributed by atoms with van der Waals surface area (Å²) >= 11 is 0. The van der Waals surface area contributed by atoms with Gasteiger partial charge in [-0.25, -0.2) is 0 Å². The van der Waals surface area contributed by atoms with E-state index in [4.69, 9.17) is 0 Å². The van der Waals surface area contributed by atoms with Gasteiger partial charge in [0.1, 0.15) is 0 Å². The van der Waals surface area contributed by atoms with Gasteiger partial charge in [0.25, 0.3) is 0 Å². The number of hydrogen-bond donors (Lipinski definition) is 0. The fourth-order valence-electron chi connectivity index (χ4n) is 1.39. The van der Waals surface area contributed by atoms with Crippen LogP contribution in [0.2, 0.25) is 0 Å². The molecule has 0 heterocycles. The van der Waals surface area contributed by atoms with Crippen molar-refractivity contribution < 1.29 is 0 Å². The first-order valence-corrected chi connectivity index (χ1v) is 3.82. The normalized spacial score (nSPS) is 8.69. The molecule has 13 heavy (non-hydrogen) atoms. The predicted octanol–water partition coefficient (Wildman–Crippen LogP) is 2.58. The molecule has 0 nitrogen and oxygen atoms in total. The van der Waals surface area contributed by atoms with Crippen LogP contribution in [-0.4, -0.2) is 8.41 Å². The minimum atomic E-state index is 0. The van der Waals surface area contributed by atoms with E-state index in [0.29, 0.717) is 0 Å². The molecule has 0 aliphatic heterocycles. The van der Waals surface area contributed by atoms with E-state index in [-0.39, 0.29) is 32.4 Å². The van der Waals surface area contributed by atoms with Crippen LogP contribution in [0.4, 0.5) is 0 Å². The Bertz CT molecular complexity index is 379. The van der Waals surface area contributed by atoms with E-state index in [1.165, 1.54) is 16.3 Å². The molecule has 0 spiro atoms. The van der Waals surface area contributed by atoms with E-state index >= 15 is 0 Å². The fraction of sp³-hybridized carbons (Fsp3) is 0.0909. The van der Waals surface area contributed by atoms with Crippen LogP contribution in [0.3, 0.4) is 0 Å². The van der Waals surface area contributed by atoms with Gasteiger partial charge in [0.15, 0.2) is 0 Å². The maximum atomic E-state index is 2.16. The van der Waals surface area contributed by atoms with Crippen molar-refractivity contribution in [3.63, 3.8) is 0 Å². The first kappa shape index (κ1) is 12.5. The number of rotatable bonds is 0. The number of hydrogen-bond acceptors (Lipinski definition) is 0. The van der Waals surface area contributed by atoms with Crippen LogP contribution in [0.15, 0.2) is 42.5 Å². The Hall–Kier alpha value is -0.505. The Kier molecular flexibility index (Phi) is 5.07. The Morgan fingerprint density at radius 3 is 2.15 bits per heavy atom. The molecule has 0 saturated heterocycles. The highest BCUT2D eigenvalue weighted by Gasteiger charge is 1.91. The molecule has 0 aliphatic carbocycles. The summed E-state index contributed by atoms with van der Waals surface area (Å²) in [4.78, 5) is 0. The molecule has 0 unspecified atom stereocenters. The molecule has 68 valence electrons. The summed E-state index contributed by atoms with van der Waals surface area (Å²) in [6.07, 6.45) is 0. The van der Waals surface area contributed by atoms with Crippen molar-refractivity contribution in [2.24, 2.45) is 0 Å². The summed E-state index contributed by atoms with van der Waals surface area (Å²) in [5.74, 6) is 0. The Labute approximate surface area is 97.9 Å². The van der Waals surface area contributed by atoms with E-state index < -0.39 is 0 Å². The van der Waals surface area contributed by atoms with Crippen molar-refractivity contribution in [1.29, 1.82) is 0 Å². The maximum absolute atomic E-state index is 2.16. The van der Waals surface area contributed by atoms with Gasteiger partial charge in [0, 0.05) is 0 Å². The highest BCUT2D eigenvalue weighted by Crippen LogP contribution is 2.16. The second kappa shape index (κ2) is 5.27. The smallest absolute Gasteiger partial charge is 0.0814 e. The monoisotopic (exact) mass is 284 g/mol. The van der Waals surface area contributed by atoms with E-state index in [1.54, 1.807) is 0 Å². The highest BCUT2D eigenvalue weighted by molar-refractivity contribution is 14.0. The molecule has 2 aromatic rings. The average molecular weight is 284 g/mol.